The quantitative estimate of drug-likeness (QED) is 0.882. The highest BCUT2D eigenvalue weighted by Gasteiger charge is 2.22. The summed E-state index contributed by atoms with van der Waals surface area (Å²) in [7, 11) is 1.28. The first-order chi connectivity index (χ1) is 10.2. The Kier molecular flexibility index (Phi) is 3.49. The second kappa shape index (κ2) is 5.45. The lowest BCUT2D eigenvalue weighted by molar-refractivity contribution is 0.0601. The fraction of sp³-hybridized carbons (Fsp3) is 0.143. The van der Waals surface area contributed by atoms with Crippen molar-refractivity contribution in [1.82, 2.24) is 0 Å². The first-order valence-electron chi connectivity index (χ1n) is 6.06. The number of rotatable bonds is 3. The standard InChI is InChI=1S/C14H11NO5S/c1-18-14(17)8-5-10-11(20-7-19-10)6-9(8)15-13(16)12-3-2-4-21-12/h2-6H,7H2,1H3,(H,15,16). The van der Waals surface area contributed by atoms with Gasteiger partial charge >= 0.3 is 5.97 Å². The van der Waals surface area contributed by atoms with Gasteiger partial charge in [0, 0.05) is 12.1 Å². The Morgan fingerprint density at radius 1 is 1.29 bits per heavy atom. The van der Waals surface area contributed by atoms with E-state index in [1.54, 1.807) is 23.6 Å². The summed E-state index contributed by atoms with van der Waals surface area (Å²) in [5.74, 6) is 0.0671. The van der Waals surface area contributed by atoms with E-state index >= 15 is 0 Å². The van der Waals surface area contributed by atoms with Crippen LogP contribution < -0.4 is 14.8 Å². The molecule has 0 unspecified atom stereocenters. The van der Waals surface area contributed by atoms with Crippen molar-refractivity contribution >= 4 is 28.9 Å². The number of thiophene rings is 1. The molecule has 1 aromatic heterocycles. The summed E-state index contributed by atoms with van der Waals surface area (Å²) in [5, 5.41) is 4.49. The molecular formula is C14H11NO5S. The summed E-state index contributed by atoms with van der Waals surface area (Å²) >= 11 is 1.31. The summed E-state index contributed by atoms with van der Waals surface area (Å²) in [6.07, 6.45) is 0. The third kappa shape index (κ3) is 2.55. The minimum Gasteiger partial charge on any atom is -0.465 e. The normalized spacial score (nSPS) is 12.0. The van der Waals surface area contributed by atoms with E-state index in [-0.39, 0.29) is 18.3 Å². The lowest BCUT2D eigenvalue weighted by atomic mass is 10.1. The van der Waals surface area contributed by atoms with Crippen LogP contribution in [-0.2, 0) is 4.74 Å². The number of anilines is 1. The third-order valence-corrected chi connectivity index (χ3v) is 3.78. The van der Waals surface area contributed by atoms with Gasteiger partial charge in [-0.3, -0.25) is 4.79 Å². The number of ether oxygens (including phenoxy) is 3. The predicted molar refractivity (Wildman–Crippen MR) is 76.2 cm³/mol. The van der Waals surface area contributed by atoms with Crippen LogP contribution in [0.3, 0.4) is 0 Å². The summed E-state index contributed by atoms with van der Waals surface area (Å²) in [5.41, 5.74) is 0.538. The van der Waals surface area contributed by atoms with Crippen LogP contribution >= 0.6 is 11.3 Å². The topological polar surface area (TPSA) is 73.9 Å². The maximum atomic E-state index is 12.1. The van der Waals surface area contributed by atoms with Crippen molar-refractivity contribution in [2.24, 2.45) is 0 Å². The first kappa shape index (κ1) is 13.4. The van der Waals surface area contributed by atoms with Gasteiger partial charge < -0.3 is 19.5 Å². The van der Waals surface area contributed by atoms with E-state index in [4.69, 9.17) is 14.2 Å². The Morgan fingerprint density at radius 2 is 2.05 bits per heavy atom. The minimum absolute atomic E-state index is 0.0816. The smallest absolute Gasteiger partial charge is 0.340 e. The Balaban J connectivity index is 1.96. The van der Waals surface area contributed by atoms with Gasteiger partial charge in [-0.15, -0.1) is 11.3 Å². The number of hydrogen-bond acceptors (Lipinski definition) is 6. The van der Waals surface area contributed by atoms with Crippen LogP contribution in [0.15, 0.2) is 29.6 Å². The van der Waals surface area contributed by atoms with Crippen LogP contribution in [0.2, 0.25) is 0 Å². The molecule has 1 amide bonds. The first-order valence-corrected chi connectivity index (χ1v) is 6.94. The van der Waals surface area contributed by atoms with Gasteiger partial charge in [0.05, 0.1) is 23.2 Å². The Hall–Kier alpha value is -2.54. The third-order valence-electron chi connectivity index (χ3n) is 2.91. The highest BCUT2D eigenvalue weighted by Crippen LogP contribution is 2.37. The molecule has 1 N–H and O–H groups in total. The van der Waals surface area contributed by atoms with Gasteiger partial charge in [-0.25, -0.2) is 4.79 Å². The fourth-order valence-corrected chi connectivity index (χ4v) is 2.53. The number of benzene rings is 1. The van der Waals surface area contributed by atoms with Crippen LogP contribution in [0, 0.1) is 0 Å². The minimum atomic E-state index is -0.560. The number of fused-ring (bicyclic) bond motifs is 1. The van der Waals surface area contributed by atoms with E-state index in [1.807, 2.05) is 0 Å². The number of hydrogen-bond donors (Lipinski definition) is 1. The second-order valence-electron chi connectivity index (χ2n) is 4.17. The second-order valence-corrected chi connectivity index (χ2v) is 5.12. The summed E-state index contributed by atoms with van der Waals surface area (Å²) in [6.45, 7) is 0.0816. The van der Waals surface area contributed by atoms with Crippen molar-refractivity contribution < 1.29 is 23.8 Å². The molecule has 0 saturated carbocycles. The molecule has 0 bridgehead atoms. The van der Waals surface area contributed by atoms with Crippen LogP contribution in [0.1, 0.15) is 20.0 Å². The average molecular weight is 305 g/mol. The highest BCUT2D eigenvalue weighted by molar-refractivity contribution is 7.12. The van der Waals surface area contributed by atoms with E-state index in [2.05, 4.69) is 5.32 Å². The van der Waals surface area contributed by atoms with Gasteiger partial charge in [-0.05, 0) is 11.4 Å². The van der Waals surface area contributed by atoms with Gasteiger partial charge in [-0.1, -0.05) is 6.07 Å². The molecule has 0 radical (unpaired) electrons. The molecule has 0 atom stereocenters. The molecular weight excluding hydrogens is 294 g/mol. The Labute approximate surface area is 124 Å². The largest absolute Gasteiger partial charge is 0.465 e. The van der Waals surface area contributed by atoms with Crippen molar-refractivity contribution in [3.8, 4) is 11.5 Å². The van der Waals surface area contributed by atoms with Gasteiger partial charge in [0.2, 0.25) is 6.79 Å². The Morgan fingerprint density at radius 3 is 2.71 bits per heavy atom. The number of methoxy groups -OCH3 is 1. The van der Waals surface area contributed by atoms with Crippen molar-refractivity contribution in [3.63, 3.8) is 0 Å². The van der Waals surface area contributed by atoms with Gasteiger partial charge in [0.15, 0.2) is 11.5 Å². The summed E-state index contributed by atoms with van der Waals surface area (Å²) < 4.78 is 15.2. The molecule has 1 aliphatic heterocycles. The molecule has 21 heavy (non-hydrogen) atoms. The predicted octanol–water partition coefficient (Wildman–Crippen LogP) is 2.52. The summed E-state index contributed by atoms with van der Waals surface area (Å²) in [4.78, 5) is 24.5. The van der Waals surface area contributed by atoms with Crippen molar-refractivity contribution in [3.05, 3.63) is 40.1 Å². The maximum Gasteiger partial charge on any atom is 0.340 e. The van der Waals surface area contributed by atoms with E-state index in [0.717, 1.165) is 0 Å². The highest BCUT2D eigenvalue weighted by atomic mass is 32.1. The average Bonchev–Trinajstić information content (AvgIpc) is 3.16. The zero-order valence-corrected chi connectivity index (χ0v) is 11.9. The lowest BCUT2D eigenvalue weighted by Crippen LogP contribution is -2.14. The maximum absolute atomic E-state index is 12.1. The van der Waals surface area contributed by atoms with E-state index in [9.17, 15) is 9.59 Å². The number of nitrogens with one attached hydrogen (secondary N) is 1. The van der Waals surface area contributed by atoms with Gasteiger partial charge in [0.25, 0.3) is 5.91 Å². The molecule has 7 heteroatoms. The monoisotopic (exact) mass is 305 g/mol. The van der Waals surface area contributed by atoms with E-state index in [1.165, 1.54) is 24.5 Å². The molecule has 0 spiro atoms. The van der Waals surface area contributed by atoms with Gasteiger partial charge in [0.1, 0.15) is 0 Å². The number of esters is 1. The van der Waals surface area contributed by atoms with Crippen LogP contribution in [0.5, 0.6) is 11.5 Å². The SMILES string of the molecule is COC(=O)c1cc2c(cc1NC(=O)c1cccs1)OCO2. The van der Waals surface area contributed by atoms with Crippen LogP contribution in [0.25, 0.3) is 0 Å². The molecule has 0 aliphatic carbocycles. The molecule has 1 aromatic carbocycles. The van der Waals surface area contributed by atoms with Crippen LogP contribution in [0.4, 0.5) is 5.69 Å². The van der Waals surface area contributed by atoms with Crippen LogP contribution in [-0.4, -0.2) is 25.8 Å². The molecule has 2 heterocycles. The molecule has 3 rings (SSSR count). The molecule has 108 valence electrons. The zero-order valence-electron chi connectivity index (χ0n) is 11.0. The van der Waals surface area contributed by atoms with Crippen molar-refractivity contribution in [2.75, 3.05) is 19.2 Å². The van der Waals surface area contributed by atoms with Crippen molar-refractivity contribution in [2.45, 2.75) is 0 Å². The zero-order chi connectivity index (χ0) is 14.8. The van der Waals surface area contributed by atoms with E-state index < -0.39 is 5.97 Å². The van der Waals surface area contributed by atoms with E-state index in [0.29, 0.717) is 22.1 Å². The Bertz CT molecular complexity index is 696. The lowest BCUT2D eigenvalue weighted by Gasteiger charge is -2.10. The molecule has 0 saturated heterocycles. The summed E-state index contributed by atoms with van der Waals surface area (Å²) in [6, 6.07) is 6.53. The van der Waals surface area contributed by atoms with Gasteiger partial charge in [-0.2, -0.15) is 0 Å². The fourth-order valence-electron chi connectivity index (χ4n) is 1.92. The number of carbonyl (C=O) groups excluding carboxylic acids is 2. The number of amides is 1. The molecule has 0 fully saturated rings. The molecule has 2 aromatic rings. The molecule has 1 aliphatic rings. The molecule has 6 nitrogen and oxygen atoms in total. The number of carbonyl (C=O) groups is 2. The van der Waals surface area contributed by atoms with Crippen molar-refractivity contribution in [1.29, 1.82) is 0 Å².